The van der Waals surface area contributed by atoms with E-state index >= 15 is 0 Å². The molecule has 2 nitrogen and oxygen atoms in total. The van der Waals surface area contributed by atoms with Gasteiger partial charge in [0.05, 0.1) is 11.0 Å². The van der Waals surface area contributed by atoms with Gasteiger partial charge in [-0.2, -0.15) is 13.2 Å². The first-order valence-electron chi connectivity index (χ1n) is 20.5. The predicted octanol–water partition coefficient (Wildman–Crippen LogP) is 14.9. The zero-order valence-electron chi connectivity index (χ0n) is 34.1. The number of ether oxygens (including phenoxy) is 1. The van der Waals surface area contributed by atoms with Crippen LogP contribution >= 0.6 is 0 Å². The lowest BCUT2D eigenvalue weighted by Gasteiger charge is -2.40. The Labute approximate surface area is 343 Å². The second-order valence-electron chi connectivity index (χ2n) is 18.6. The summed E-state index contributed by atoms with van der Waals surface area (Å²) in [4.78, 5) is 2.33. The van der Waals surface area contributed by atoms with Crippen molar-refractivity contribution in [2.75, 3.05) is 4.90 Å². The molecule has 1 unspecified atom stereocenters. The molecule has 0 saturated heterocycles. The van der Waals surface area contributed by atoms with Crippen molar-refractivity contribution in [3.63, 3.8) is 0 Å². The average Bonchev–Trinajstić information content (AvgIpc) is 3.71. The van der Waals surface area contributed by atoms with Gasteiger partial charge in [0.15, 0.2) is 0 Å². The van der Waals surface area contributed by atoms with Gasteiger partial charge >= 0.3 is 6.18 Å². The molecule has 5 heteroatoms. The maximum Gasteiger partial charge on any atom is 0.416 e. The first-order chi connectivity index (χ1) is 28.1. The SMILES string of the molecule is CC1(C)CC2(c3cc(N(c4ccc5c(c4)C(C)(C)c4ccccc4-5)c4ccc5c(c4)C(C)(C)c4ccccc4-5)ccc3Oc3ccc(C(F)(F)F)cc32)c2ccccc21. The van der Waals surface area contributed by atoms with Gasteiger partial charge in [0, 0.05) is 39.0 Å². The molecule has 1 spiro atoms. The van der Waals surface area contributed by atoms with Crippen LogP contribution in [-0.4, -0.2) is 0 Å². The normalized spacial score (nSPS) is 19.1. The van der Waals surface area contributed by atoms with Crippen molar-refractivity contribution >= 4 is 17.1 Å². The standard InChI is InChI=1S/C54H44F3NO/c1-50(2)31-53(43-18-12-11-17-42(43)50)46-27-32(54(55,56)57)19-25-48(46)59-49-26-22-35(30-47(49)53)58(33-20-23-38-36-13-7-9-15-40(36)51(3,4)44(38)28-33)34-21-24-39-37-14-8-10-16-41(37)52(5,6)45(39)29-34/h7-30H,31H2,1-6H3. The van der Waals surface area contributed by atoms with Gasteiger partial charge in [0.1, 0.15) is 11.5 Å². The molecule has 4 aliphatic rings. The van der Waals surface area contributed by atoms with Crippen molar-refractivity contribution in [1.29, 1.82) is 0 Å². The first kappa shape index (κ1) is 36.0. The summed E-state index contributed by atoms with van der Waals surface area (Å²) in [5.74, 6) is 1.12. The van der Waals surface area contributed by atoms with Crippen LogP contribution in [-0.2, 0) is 27.8 Å². The van der Waals surface area contributed by atoms with Gasteiger partial charge in [-0.3, -0.25) is 0 Å². The molecule has 0 N–H and O–H groups in total. The molecule has 1 atom stereocenters. The summed E-state index contributed by atoms with van der Waals surface area (Å²) < 4.78 is 50.3. The summed E-state index contributed by atoms with van der Waals surface area (Å²) in [6.07, 6.45) is -3.92. The van der Waals surface area contributed by atoms with Crippen LogP contribution in [0.5, 0.6) is 11.5 Å². The number of fused-ring (bicyclic) bond motifs is 12. The second kappa shape index (κ2) is 11.8. The third-order valence-electron chi connectivity index (χ3n) is 14.1. The van der Waals surface area contributed by atoms with Crippen LogP contribution in [0.3, 0.4) is 0 Å². The Morgan fingerprint density at radius 2 is 0.864 bits per heavy atom. The van der Waals surface area contributed by atoms with E-state index in [1.807, 2.05) is 18.2 Å². The van der Waals surface area contributed by atoms with Crippen molar-refractivity contribution < 1.29 is 17.9 Å². The lowest BCUT2D eigenvalue weighted by molar-refractivity contribution is -0.137. The van der Waals surface area contributed by atoms with Crippen LogP contribution in [0.2, 0.25) is 0 Å². The summed E-state index contributed by atoms with van der Waals surface area (Å²) in [7, 11) is 0. The Balaban J connectivity index is 1.16. The van der Waals surface area contributed by atoms with Crippen molar-refractivity contribution in [2.45, 2.75) is 75.8 Å². The lowest BCUT2D eigenvalue weighted by atomic mass is 9.66. The number of alkyl halides is 3. The van der Waals surface area contributed by atoms with Crippen LogP contribution in [0.25, 0.3) is 22.3 Å². The number of hydrogen-bond acceptors (Lipinski definition) is 2. The molecule has 0 amide bonds. The first-order valence-corrected chi connectivity index (χ1v) is 20.5. The van der Waals surface area contributed by atoms with Crippen LogP contribution < -0.4 is 9.64 Å². The fourth-order valence-electron chi connectivity index (χ4n) is 11.4. The highest BCUT2D eigenvalue weighted by Crippen LogP contribution is 2.63. The fraction of sp³-hybridized carbons (Fsp3) is 0.222. The molecule has 59 heavy (non-hydrogen) atoms. The third kappa shape index (κ3) is 4.88. The second-order valence-corrected chi connectivity index (χ2v) is 18.6. The summed E-state index contributed by atoms with van der Waals surface area (Å²) in [5.41, 5.74) is 14.3. The van der Waals surface area contributed by atoms with Gasteiger partial charge in [-0.1, -0.05) is 126 Å². The number of halogens is 3. The van der Waals surface area contributed by atoms with E-state index in [9.17, 15) is 13.2 Å². The van der Waals surface area contributed by atoms with Gasteiger partial charge < -0.3 is 9.64 Å². The number of benzene rings is 7. The van der Waals surface area contributed by atoms with Crippen molar-refractivity contribution in [1.82, 2.24) is 0 Å². The molecule has 292 valence electrons. The average molecular weight is 780 g/mol. The Kier molecular flexibility index (Phi) is 7.20. The molecule has 0 saturated carbocycles. The Morgan fingerprint density at radius 1 is 0.441 bits per heavy atom. The van der Waals surface area contributed by atoms with E-state index in [4.69, 9.17) is 4.74 Å². The van der Waals surface area contributed by atoms with E-state index < -0.39 is 17.2 Å². The molecular formula is C54H44F3NO. The zero-order valence-corrected chi connectivity index (χ0v) is 34.1. The topological polar surface area (TPSA) is 12.5 Å². The number of anilines is 3. The van der Waals surface area contributed by atoms with Crippen molar-refractivity contribution in [3.05, 3.63) is 196 Å². The van der Waals surface area contributed by atoms with E-state index in [0.717, 1.165) is 39.8 Å². The predicted molar refractivity (Wildman–Crippen MR) is 232 cm³/mol. The highest BCUT2D eigenvalue weighted by molar-refractivity contribution is 5.89. The molecule has 1 heterocycles. The maximum absolute atomic E-state index is 14.5. The molecular weight excluding hydrogens is 736 g/mol. The molecule has 0 bridgehead atoms. The smallest absolute Gasteiger partial charge is 0.416 e. The van der Waals surface area contributed by atoms with E-state index in [0.29, 0.717) is 23.5 Å². The maximum atomic E-state index is 14.5. The number of hydrogen-bond donors (Lipinski definition) is 0. The van der Waals surface area contributed by atoms with Crippen LogP contribution in [0.4, 0.5) is 30.2 Å². The summed E-state index contributed by atoms with van der Waals surface area (Å²) in [6.45, 7) is 13.6. The van der Waals surface area contributed by atoms with E-state index in [1.54, 1.807) is 0 Å². The minimum absolute atomic E-state index is 0.220. The zero-order chi connectivity index (χ0) is 40.9. The van der Waals surface area contributed by atoms with Crippen molar-refractivity contribution in [3.8, 4) is 33.8 Å². The van der Waals surface area contributed by atoms with Crippen molar-refractivity contribution in [2.24, 2.45) is 0 Å². The minimum Gasteiger partial charge on any atom is -0.457 e. The molecule has 0 radical (unpaired) electrons. The van der Waals surface area contributed by atoms with Crippen LogP contribution in [0.1, 0.15) is 98.0 Å². The number of nitrogens with zero attached hydrogens (tertiary/aromatic N) is 1. The van der Waals surface area contributed by atoms with Gasteiger partial charge in [-0.05, 0) is 128 Å². The Bertz CT molecular complexity index is 2830. The van der Waals surface area contributed by atoms with Crippen LogP contribution in [0, 0.1) is 0 Å². The highest BCUT2D eigenvalue weighted by atomic mass is 19.4. The molecule has 1 aliphatic heterocycles. The summed E-state index contributed by atoms with van der Waals surface area (Å²) >= 11 is 0. The Hall–Kier alpha value is -6.07. The molecule has 7 aromatic carbocycles. The molecule has 0 fully saturated rings. The highest BCUT2D eigenvalue weighted by Gasteiger charge is 2.54. The fourth-order valence-corrected chi connectivity index (χ4v) is 11.4. The van der Waals surface area contributed by atoms with Gasteiger partial charge in [-0.25, -0.2) is 0 Å². The summed E-state index contributed by atoms with van der Waals surface area (Å²) in [6, 6.07) is 49.6. The Morgan fingerprint density at radius 3 is 1.41 bits per heavy atom. The number of rotatable bonds is 3. The van der Waals surface area contributed by atoms with Gasteiger partial charge in [0.25, 0.3) is 0 Å². The molecule has 7 aromatic rings. The van der Waals surface area contributed by atoms with Gasteiger partial charge in [-0.15, -0.1) is 0 Å². The third-order valence-corrected chi connectivity index (χ3v) is 14.1. The van der Waals surface area contributed by atoms with E-state index in [1.165, 1.54) is 56.6 Å². The lowest BCUT2D eigenvalue weighted by Crippen LogP contribution is -2.33. The quantitative estimate of drug-likeness (QED) is 0.177. The van der Waals surface area contributed by atoms with E-state index in [-0.39, 0.29) is 16.2 Å². The van der Waals surface area contributed by atoms with E-state index in [2.05, 4.69) is 156 Å². The monoisotopic (exact) mass is 779 g/mol. The molecule has 3 aliphatic carbocycles. The largest absolute Gasteiger partial charge is 0.457 e. The molecule has 0 aromatic heterocycles. The van der Waals surface area contributed by atoms with Gasteiger partial charge in [0.2, 0.25) is 0 Å². The summed E-state index contributed by atoms with van der Waals surface area (Å²) in [5, 5.41) is 0. The minimum atomic E-state index is -4.51. The van der Waals surface area contributed by atoms with Crippen LogP contribution in [0.15, 0.2) is 146 Å². The molecule has 11 rings (SSSR count).